The molecule has 1 fully saturated rings. The van der Waals surface area contributed by atoms with E-state index in [1.165, 1.54) is 0 Å². The van der Waals surface area contributed by atoms with Crippen LogP contribution in [0.5, 0.6) is 0 Å². The maximum absolute atomic E-state index is 5.77. The van der Waals surface area contributed by atoms with E-state index in [2.05, 4.69) is 9.88 Å². The molecule has 0 radical (unpaired) electrons. The van der Waals surface area contributed by atoms with Gasteiger partial charge in [0.15, 0.2) is 0 Å². The summed E-state index contributed by atoms with van der Waals surface area (Å²) in [5.74, 6) is 0.814. The van der Waals surface area contributed by atoms with Crippen LogP contribution in [0.15, 0.2) is 12.1 Å². The molecule has 0 bridgehead atoms. The van der Waals surface area contributed by atoms with Crippen LogP contribution in [0.2, 0.25) is 0 Å². The van der Waals surface area contributed by atoms with Crippen molar-refractivity contribution < 1.29 is 9.47 Å². The van der Waals surface area contributed by atoms with Crippen LogP contribution in [0.1, 0.15) is 11.3 Å². The molecule has 1 aromatic rings. The van der Waals surface area contributed by atoms with Crippen LogP contribution in [0.3, 0.4) is 0 Å². The average molecular weight is 281 g/mol. The van der Waals surface area contributed by atoms with Gasteiger partial charge in [0.1, 0.15) is 23.0 Å². The molecule has 0 amide bonds. The van der Waals surface area contributed by atoms with Gasteiger partial charge in [0.25, 0.3) is 0 Å². The molecule has 1 saturated heterocycles. The Kier molecular flexibility index (Phi) is 4.34. The van der Waals surface area contributed by atoms with Gasteiger partial charge in [-0.1, -0.05) is 12.2 Å². The minimum atomic E-state index is 0.0338. The van der Waals surface area contributed by atoms with E-state index in [0.29, 0.717) is 4.99 Å². The highest BCUT2D eigenvalue weighted by Crippen LogP contribution is 2.25. The summed E-state index contributed by atoms with van der Waals surface area (Å²) in [5.41, 5.74) is 7.50. The monoisotopic (exact) mass is 281 g/mol. The Morgan fingerprint density at radius 3 is 2.37 bits per heavy atom. The van der Waals surface area contributed by atoms with Gasteiger partial charge in [-0.2, -0.15) is 0 Å². The smallest absolute Gasteiger partial charge is 0.139 e. The molecular formula is C13H19N3O2S. The number of anilines is 1. The van der Waals surface area contributed by atoms with Crippen molar-refractivity contribution in [3.63, 3.8) is 0 Å². The largest absolute Gasteiger partial charge is 0.389 e. The first-order chi connectivity index (χ1) is 9.06. The number of hydrogen-bond acceptors (Lipinski definition) is 5. The van der Waals surface area contributed by atoms with E-state index in [9.17, 15) is 0 Å². The van der Waals surface area contributed by atoms with Gasteiger partial charge in [-0.05, 0) is 19.1 Å². The van der Waals surface area contributed by atoms with Crippen LogP contribution in [0.4, 0.5) is 5.82 Å². The van der Waals surface area contributed by atoms with E-state index < -0.39 is 0 Å². The minimum Gasteiger partial charge on any atom is -0.389 e. The third-order valence-corrected chi connectivity index (χ3v) is 3.62. The molecule has 2 atom stereocenters. The van der Waals surface area contributed by atoms with Gasteiger partial charge < -0.3 is 20.1 Å². The lowest BCUT2D eigenvalue weighted by Crippen LogP contribution is -2.27. The van der Waals surface area contributed by atoms with Gasteiger partial charge in [0.05, 0.1) is 5.56 Å². The molecule has 0 saturated carbocycles. The molecule has 104 valence electrons. The van der Waals surface area contributed by atoms with Crippen LogP contribution in [0.25, 0.3) is 0 Å². The second-order valence-corrected chi connectivity index (χ2v) is 5.08. The quantitative estimate of drug-likeness (QED) is 0.827. The first-order valence-electron chi connectivity index (χ1n) is 6.14. The van der Waals surface area contributed by atoms with E-state index in [4.69, 9.17) is 27.4 Å². The second-order valence-electron chi connectivity index (χ2n) is 4.64. The lowest BCUT2D eigenvalue weighted by atomic mass is 10.2. The molecule has 19 heavy (non-hydrogen) atoms. The number of hydrogen-bond donors (Lipinski definition) is 1. The zero-order valence-electron chi connectivity index (χ0n) is 11.4. The number of rotatable bonds is 4. The third-order valence-electron chi connectivity index (χ3n) is 3.40. The van der Waals surface area contributed by atoms with Crippen molar-refractivity contribution >= 4 is 23.0 Å². The van der Waals surface area contributed by atoms with Crippen molar-refractivity contribution in [2.24, 2.45) is 5.73 Å². The maximum atomic E-state index is 5.77. The predicted molar refractivity (Wildman–Crippen MR) is 78.7 cm³/mol. The van der Waals surface area contributed by atoms with Gasteiger partial charge in [-0.15, -0.1) is 0 Å². The number of aromatic nitrogens is 1. The molecule has 0 aromatic carbocycles. The lowest BCUT2D eigenvalue weighted by molar-refractivity contribution is -0.00461. The van der Waals surface area contributed by atoms with Crippen molar-refractivity contribution in [3.8, 4) is 0 Å². The highest BCUT2D eigenvalue weighted by atomic mass is 32.1. The molecule has 6 heteroatoms. The summed E-state index contributed by atoms with van der Waals surface area (Å²) in [6.45, 7) is 3.40. The summed E-state index contributed by atoms with van der Waals surface area (Å²) in [6, 6.07) is 3.83. The molecule has 5 nitrogen and oxygen atoms in total. The topological polar surface area (TPSA) is 60.6 Å². The van der Waals surface area contributed by atoms with Crippen molar-refractivity contribution in [2.45, 2.75) is 19.1 Å². The molecule has 0 spiro atoms. The maximum Gasteiger partial charge on any atom is 0.139 e. The standard InChI is InChI=1S/C13H19N3O2S/c1-8-4-5-9(12(14)19)13(15-8)16-6-10(17-2)11(7-16)18-3/h4-5,10-11H,6-7H2,1-3H3,(H2,14,19). The fourth-order valence-corrected chi connectivity index (χ4v) is 2.51. The highest BCUT2D eigenvalue weighted by molar-refractivity contribution is 7.80. The van der Waals surface area contributed by atoms with Gasteiger partial charge in [-0.25, -0.2) is 4.98 Å². The molecule has 2 rings (SSSR count). The van der Waals surface area contributed by atoms with Crippen molar-refractivity contribution in [3.05, 3.63) is 23.4 Å². The van der Waals surface area contributed by atoms with E-state index in [1.54, 1.807) is 14.2 Å². The first kappa shape index (κ1) is 14.2. The number of methoxy groups -OCH3 is 2. The molecule has 1 aliphatic heterocycles. The molecular weight excluding hydrogens is 262 g/mol. The first-order valence-corrected chi connectivity index (χ1v) is 6.55. The Bertz CT molecular complexity index is 469. The Morgan fingerprint density at radius 2 is 1.89 bits per heavy atom. The molecule has 2 unspecified atom stereocenters. The van der Waals surface area contributed by atoms with Crippen LogP contribution in [0, 0.1) is 6.92 Å². The normalized spacial score (nSPS) is 22.8. The highest BCUT2D eigenvalue weighted by Gasteiger charge is 2.34. The molecule has 1 aliphatic rings. The number of aryl methyl sites for hydroxylation is 1. The van der Waals surface area contributed by atoms with Crippen LogP contribution < -0.4 is 10.6 Å². The average Bonchev–Trinajstić information content (AvgIpc) is 2.81. The molecule has 2 N–H and O–H groups in total. The van der Waals surface area contributed by atoms with E-state index in [1.807, 2.05) is 19.1 Å². The van der Waals surface area contributed by atoms with E-state index >= 15 is 0 Å². The molecule has 1 aromatic heterocycles. The zero-order valence-corrected chi connectivity index (χ0v) is 12.2. The number of nitrogens with zero attached hydrogens (tertiary/aromatic N) is 2. The van der Waals surface area contributed by atoms with Gasteiger partial charge in [0.2, 0.25) is 0 Å². The summed E-state index contributed by atoms with van der Waals surface area (Å²) in [6.07, 6.45) is 0.0676. The van der Waals surface area contributed by atoms with Crippen molar-refractivity contribution in [1.82, 2.24) is 4.98 Å². The summed E-state index contributed by atoms with van der Waals surface area (Å²) in [7, 11) is 3.39. The Labute approximate surface area is 118 Å². The minimum absolute atomic E-state index is 0.0338. The van der Waals surface area contributed by atoms with Crippen LogP contribution >= 0.6 is 12.2 Å². The zero-order chi connectivity index (χ0) is 14.0. The van der Waals surface area contributed by atoms with Crippen molar-refractivity contribution in [1.29, 1.82) is 0 Å². The molecule has 2 heterocycles. The number of thiocarbonyl (C=S) groups is 1. The third kappa shape index (κ3) is 2.86. The number of nitrogens with two attached hydrogens (primary N) is 1. The second kappa shape index (κ2) is 5.81. The Hall–Kier alpha value is -1.24. The fraction of sp³-hybridized carbons (Fsp3) is 0.538. The van der Waals surface area contributed by atoms with Crippen molar-refractivity contribution in [2.75, 3.05) is 32.2 Å². The van der Waals surface area contributed by atoms with Gasteiger partial charge in [-0.3, -0.25) is 0 Å². The molecule has 0 aliphatic carbocycles. The van der Waals surface area contributed by atoms with Crippen LogP contribution in [-0.2, 0) is 9.47 Å². The lowest BCUT2D eigenvalue weighted by Gasteiger charge is -2.20. The summed E-state index contributed by atoms with van der Waals surface area (Å²) in [5, 5.41) is 0. The fourth-order valence-electron chi connectivity index (χ4n) is 2.35. The summed E-state index contributed by atoms with van der Waals surface area (Å²) in [4.78, 5) is 7.03. The van der Waals surface area contributed by atoms with Gasteiger partial charge >= 0.3 is 0 Å². The SMILES string of the molecule is COC1CN(c2nc(C)ccc2C(N)=S)CC1OC. The van der Waals surface area contributed by atoms with E-state index in [-0.39, 0.29) is 12.2 Å². The van der Waals surface area contributed by atoms with Gasteiger partial charge in [0, 0.05) is 33.0 Å². The predicted octanol–water partition coefficient (Wildman–Crippen LogP) is 0.874. The van der Waals surface area contributed by atoms with Crippen LogP contribution in [-0.4, -0.2) is 49.5 Å². The number of pyridine rings is 1. The van der Waals surface area contributed by atoms with E-state index in [0.717, 1.165) is 30.2 Å². The number of ether oxygens (including phenoxy) is 2. The Morgan fingerprint density at radius 1 is 1.32 bits per heavy atom. The Balaban J connectivity index is 2.32. The summed E-state index contributed by atoms with van der Waals surface area (Å²) >= 11 is 5.09. The summed E-state index contributed by atoms with van der Waals surface area (Å²) < 4.78 is 10.9.